The van der Waals surface area contributed by atoms with Crippen LogP contribution in [0.3, 0.4) is 0 Å². The molecule has 3 heteroatoms. The van der Waals surface area contributed by atoms with Crippen LogP contribution in [-0.2, 0) is 0 Å². The molecule has 0 saturated carbocycles. The van der Waals surface area contributed by atoms with E-state index in [1.165, 1.54) is 10.5 Å². The summed E-state index contributed by atoms with van der Waals surface area (Å²) in [6.07, 6.45) is 1.06. The molecule has 1 rings (SSSR count). The van der Waals surface area contributed by atoms with E-state index in [-0.39, 0.29) is 0 Å². The summed E-state index contributed by atoms with van der Waals surface area (Å²) in [5.41, 5.74) is 6.91. The zero-order valence-corrected chi connectivity index (χ0v) is 7.16. The Morgan fingerprint density at radius 3 is 2.70 bits per heavy atom. The van der Waals surface area contributed by atoms with Gasteiger partial charge in [-0.2, -0.15) is 0 Å². The highest BCUT2D eigenvalue weighted by atomic mass is 32.2. The molecule has 0 radical (unpaired) electrons. The molecule has 0 aromatic rings. The molecule has 1 aliphatic rings. The molecule has 0 amide bonds. The van der Waals surface area contributed by atoms with Gasteiger partial charge < -0.3 is 5.73 Å². The van der Waals surface area contributed by atoms with Crippen molar-refractivity contribution in [2.45, 2.75) is 20.3 Å². The molecule has 2 N–H and O–H groups in total. The van der Waals surface area contributed by atoms with Gasteiger partial charge in [0, 0.05) is 6.54 Å². The first-order valence-electron chi connectivity index (χ1n) is 3.34. The third kappa shape index (κ3) is 1.77. The van der Waals surface area contributed by atoms with E-state index in [4.69, 9.17) is 5.73 Å². The van der Waals surface area contributed by atoms with Gasteiger partial charge in [0.15, 0.2) is 5.17 Å². The highest BCUT2D eigenvalue weighted by Gasteiger charge is 2.07. The molecule has 1 heterocycles. The summed E-state index contributed by atoms with van der Waals surface area (Å²) in [4.78, 5) is 5.47. The smallest absolute Gasteiger partial charge is 0.158 e. The van der Waals surface area contributed by atoms with E-state index in [1.807, 2.05) is 0 Å². The molecule has 0 fully saturated rings. The van der Waals surface area contributed by atoms with E-state index in [9.17, 15) is 0 Å². The van der Waals surface area contributed by atoms with Crippen molar-refractivity contribution >= 4 is 16.9 Å². The molecule has 0 aromatic heterocycles. The fraction of sp³-hybridized carbons (Fsp3) is 0.571. The second kappa shape index (κ2) is 3.10. The SMILES string of the molecule is CC(C)=C1CCN=C(N)S1. The van der Waals surface area contributed by atoms with E-state index in [0.29, 0.717) is 5.17 Å². The predicted molar refractivity (Wildman–Crippen MR) is 47.1 cm³/mol. The lowest BCUT2D eigenvalue weighted by atomic mass is 10.2. The zero-order chi connectivity index (χ0) is 7.56. The Labute approximate surface area is 65.6 Å². The van der Waals surface area contributed by atoms with Crippen LogP contribution < -0.4 is 5.73 Å². The van der Waals surface area contributed by atoms with Crippen LogP contribution in [0.15, 0.2) is 15.5 Å². The van der Waals surface area contributed by atoms with Crippen molar-refractivity contribution in [2.75, 3.05) is 6.54 Å². The van der Waals surface area contributed by atoms with Gasteiger partial charge in [-0.05, 0) is 25.2 Å². The van der Waals surface area contributed by atoms with Crippen molar-refractivity contribution in [3.05, 3.63) is 10.5 Å². The Bertz CT molecular complexity index is 190. The minimum absolute atomic E-state index is 0.711. The van der Waals surface area contributed by atoms with Crippen LogP contribution in [0.25, 0.3) is 0 Å². The summed E-state index contributed by atoms with van der Waals surface area (Å²) in [5.74, 6) is 0. The van der Waals surface area contributed by atoms with Crippen molar-refractivity contribution in [1.29, 1.82) is 0 Å². The van der Waals surface area contributed by atoms with Crippen molar-refractivity contribution in [3.8, 4) is 0 Å². The van der Waals surface area contributed by atoms with E-state index in [2.05, 4.69) is 18.8 Å². The van der Waals surface area contributed by atoms with Crippen LogP contribution in [-0.4, -0.2) is 11.7 Å². The Kier molecular flexibility index (Phi) is 2.38. The number of hydrogen-bond acceptors (Lipinski definition) is 3. The standard InChI is InChI=1S/C7H12N2S/c1-5(2)6-3-4-9-7(8)10-6/h3-4H2,1-2H3,(H2,8,9). The number of allylic oxidation sites excluding steroid dienone is 1. The van der Waals surface area contributed by atoms with Crippen LogP contribution in [0, 0.1) is 0 Å². The number of hydrogen-bond donors (Lipinski definition) is 1. The highest BCUT2D eigenvalue weighted by molar-refractivity contribution is 8.17. The average Bonchev–Trinajstić information content (AvgIpc) is 1.88. The number of nitrogens with zero attached hydrogens (tertiary/aromatic N) is 1. The molecule has 0 aromatic carbocycles. The molecule has 1 aliphatic heterocycles. The van der Waals surface area contributed by atoms with Gasteiger partial charge in [-0.3, -0.25) is 4.99 Å². The van der Waals surface area contributed by atoms with Gasteiger partial charge in [0.2, 0.25) is 0 Å². The monoisotopic (exact) mass is 156 g/mol. The first-order chi connectivity index (χ1) is 4.70. The molecule has 0 unspecified atom stereocenters. The van der Waals surface area contributed by atoms with E-state index >= 15 is 0 Å². The lowest BCUT2D eigenvalue weighted by molar-refractivity contribution is 0.975. The van der Waals surface area contributed by atoms with Gasteiger partial charge in [0.05, 0.1) is 0 Å². The van der Waals surface area contributed by atoms with Crippen LogP contribution in [0.5, 0.6) is 0 Å². The van der Waals surface area contributed by atoms with Gasteiger partial charge in [-0.15, -0.1) is 0 Å². The maximum Gasteiger partial charge on any atom is 0.158 e. The summed E-state index contributed by atoms with van der Waals surface area (Å²) in [6.45, 7) is 5.08. The van der Waals surface area contributed by atoms with E-state index < -0.39 is 0 Å². The van der Waals surface area contributed by atoms with Crippen LogP contribution in [0.4, 0.5) is 0 Å². The van der Waals surface area contributed by atoms with Gasteiger partial charge in [-0.25, -0.2) is 0 Å². The summed E-state index contributed by atoms with van der Waals surface area (Å²) < 4.78 is 0. The quantitative estimate of drug-likeness (QED) is 0.580. The minimum atomic E-state index is 0.711. The van der Waals surface area contributed by atoms with Crippen LogP contribution in [0.2, 0.25) is 0 Å². The lowest BCUT2D eigenvalue weighted by Gasteiger charge is -2.12. The lowest BCUT2D eigenvalue weighted by Crippen LogP contribution is -2.12. The molecule has 0 atom stereocenters. The zero-order valence-electron chi connectivity index (χ0n) is 6.35. The van der Waals surface area contributed by atoms with Crippen molar-refractivity contribution < 1.29 is 0 Å². The Hall–Kier alpha value is -0.440. The Balaban J connectivity index is 2.71. The first kappa shape index (κ1) is 7.66. The Morgan fingerprint density at radius 2 is 2.30 bits per heavy atom. The molecule has 56 valence electrons. The highest BCUT2D eigenvalue weighted by Crippen LogP contribution is 2.26. The predicted octanol–water partition coefficient (Wildman–Crippen LogP) is 1.73. The molecular formula is C7H12N2S. The number of aliphatic imine (C=N–C) groups is 1. The summed E-state index contributed by atoms with van der Waals surface area (Å²) in [7, 11) is 0. The number of nitrogens with two attached hydrogens (primary N) is 1. The van der Waals surface area contributed by atoms with Crippen molar-refractivity contribution in [3.63, 3.8) is 0 Å². The average molecular weight is 156 g/mol. The second-order valence-corrected chi connectivity index (χ2v) is 3.61. The van der Waals surface area contributed by atoms with Gasteiger partial charge in [-0.1, -0.05) is 17.3 Å². The second-order valence-electron chi connectivity index (χ2n) is 2.50. The number of amidine groups is 1. The maximum atomic E-state index is 5.54. The fourth-order valence-corrected chi connectivity index (χ4v) is 1.63. The summed E-state index contributed by atoms with van der Waals surface area (Å²) >= 11 is 1.60. The maximum absolute atomic E-state index is 5.54. The van der Waals surface area contributed by atoms with Crippen LogP contribution in [0.1, 0.15) is 20.3 Å². The fourth-order valence-electron chi connectivity index (χ4n) is 0.829. The number of rotatable bonds is 0. The normalized spacial score (nSPS) is 18.6. The van der Waals surface area contributed by atoms with Gasteiger partial charge in [0.1, 0.15) is 0 Å². The summed E-state index contributed by atoms with van der Waals surface area (Å²) in [6, 6.07) is 0. The topological polar surface area (TPSA) is 38.4 Å². The van der Waals surface area contributed by atoms with E-state index in [1.54, 1.807) is 11.8 Å². The summed E-state index contributed by atoms with van der Waals surface area (Å²) in [5, 5.41) is 0.711. The third-order valence-electron chi connectivity index (χ3n) is 1.39. The van der Waals surface area contributed by atoms with Crippen LogP contribution >= 0.6 is 11.8 Å². The molecule has 0 spiro atoms. The molecular weight excluding hydrogens is 144 g/mol. The Morgan fingerprint density at radius 1 is 1.60 bits per heavy atom. The van der Waals surface area contributed by atoms with E-state index in [0.717, 1.165) is 13.0 Å². The van der Waals surface area contributed by atoms with Gasteiger partial charge in [0.25, 0.3) is 0 Å². The molecule has 0 saturated heterocycles. The third-order valence-corrected chi connectivity index (χ3v) is 2.59. The molecule has 0 aliphatic carbocycles. The minimum Gasteiger partial charge on any atom is -0.378 e. The number of thioether (sulfide) groups is 1. The van der Waals surface area contributed by atoms with Crippen molar-refractivity contribution in [1.82, 2.24) is 0 Å². The molecule has 10 heavy (non-hydrogen) atoms. The van der Waals surface area contributed by atoms with Crippen molar-refractivity contribution in [2.24, 2.45) is 10.7 Å². The first-order valence-corrected chi connectivity index (χ1v) is 4.16. The molecule has 0 bridgehead atoms. The largest absolute Gasteiger partial charge is 0.378 e. The molecule has 2 nitrogen and oxygen atoms in total. The van der Waals surface area contributed by atoms with Gasteiger partial charge >= 0.3 is 0 Å².